The summed E-state index contributed by atoms with van der Waals surface area (Å²) in [5.41, 5.74) is -3.75. The first-order valence-corrected chi connectivity index (χ1v) is 12.2. The average Bonchev–Trinajstić information content (AvgIpc) is 3.11. The van der Waals surface area contributed by atoms with Crippen LogP contribution in [0.4, 0.5) is 13.2 Å². The number of hydrogen-bond donors (Lipinski definition) is 0. The summed E-state index contributed by atoms with van der Waals surface area (Å²) >= 11 is 0. The molecule has 0 saturated heterocycles. The van der Waals surface area contributed by atoms with Gasteiger partial charge >= 0.3 is 5.51 Å². The van der Waals surface area contributed by atoms with E-state index in [9.17, 15) is 18.0 Å². The second-order valence-electron chi connectivity index (χ2n) is 7.10. The van der Waals surface area contributed by atoms with Crippen LogP contribution in [0.1, 0.15) is 15.9 Å². The molecule has 0 radical (unpaired) electrons. The number of ether oxygens (including phenoxy) is 2. The average molecular weight is 513 g/mol. The number of fused-ring (bicyclic) bond motifs is 3. The van der Waals surface area contributed by atoms with Crippen LogP contribution in [0.3, 0.4) is 0 Å². The van der Waals surface area contributed by atoms with Crippen LogP contribution in [0.25, 0.3) is 25.1 Å². The van der Waals surface area contributed by atoms with Gasteiger partial charge in [-0.05, 0) is 31.2 Å². The Morgan fingerprint density at radius 1 is 0.971 bits per heavy atom. The number of methoxy groups -OCH3 is 2. The fourth-order valence-corrected chi connectivity index (χ4v) is 5.86. The van der Waals surface area contributed by atoms with Gasteiger partial charge < -0.3 is 14.0 Å². The second kappa shape index (κ2) is 9.61. The third-order valence-electron chi connectivity index (χ3n) is 4.85. The smallest absolute Gasteiger partial charge is 0.485 e. The molecule has 0 saturated carbocycles. The lowest BCUT2D eigenvalue weighted by atomic mass is 10.1. The lowest BCUT2D eigenvalue weighted by Crippen LogP contribution is -2.21. The minimum atomic E-state index is -6.09. The number of benzene rings is 3. The number of hydrogen-bond acceptors (Lipinski definition) is 6. The summed E-state index contributed by atoms with van der Waals surface area (Å²) in [5.74, 6) is 1.59. The van der Waals surface area contributed by atoms with Crippen LogP contribution >= 0.6 is 10.5 Å². The Bertz CT molecular complexity index is 1470. The lowest BCUT2D eigenvalue weighted by Gasteiger charge is -2.08. The highest BCUT2D eigenvalue weighted by Gasteiger charge is 2.37. The van der Waals surface area contributed by atoms with Crippen molar-refractivity contribution in [2.45, 2.75) is 12.4 Å². The Kier molecular flexibility index (Phi) is 7.20. The van der Waals surface area contributed by atoms with Crippen LogP contribution in [0, 0.1) is 6.92 Å². The quantitative estimate of drug-likeness (QED) is 0.146. The maximum atomic E-state index is 11.3. The van der Waals surface area contributed by atoms with E-state index in [1.807, 2.05) is 24.3 Å². The van der Waals surface area contributed by atoms with Crippen molar-refractivity contribution in [3.05, 3.63) is 65.7 Å². The van der Waals surface area contributed by atoms with Crippen molar-refractivity contribution in [3.8, 4) is 16.4 Å². The van der Waals surface area contributed by atoms with Crippen molar-refractivity contribution < 1.29 is 40.4 Å². The van der Waals surface area contributed by atoms with Crippen LogP contribution in [-0.4, -0.2) is 39.0 Å². The zero-order valence-corrected chi connectivity index (χ0v) is 19.8. The summed E-state index contributed by atoms with van der Waals surface area (Å²) in [5, 5.41) is 2.34. The molecule has 1 aromatic heterocycles. The van der Waals surface area contributed by atoms with Gasteiger partial charge in [0.15, 0.2) is 25.5 Å². The molecule has 180 valence electrons. The van der Waals surface area contributed by atoms with E-state index in [-0.39, 0.29) is 10.5 Å². The number of carbonyl (C=O) groups excluding carboxylic acids is 1. The zero-order chi connectivity index (χ0) is 25.3. The van der Waals surface area contributed by atoms with Gasteiger partial charge in [-0.25, -0.2) is 8.42 Å². The van der Waals surface area contributed by atoms with Crippen molar-refractivity contribution in [3.63, 3.8) is 0 Å². The zero-order valence-electron chi connectivity index (χ0n) is 18.2. The van der Waals surface area contributed by atoms with Gasteiger partial charge in [0.05, 0.1) is 19.6 Å². The minimum Gasteiger partial charge on any atom is -0.741 e. The van der Waals surface area contributed by atoms with Gasteiger partial charge in [0, 0.05) is 33.6 Å². The Labute approximate surface area is 196 Å². The number of alkyl halides is 3. The van der Waals surface area contributed by atoms with Gasteiger partial charge in [-0.15, -0.1) is 0 Å². The number of rotatable bonds is 4. The SMILES string of the molecule is COc1cc(OC)c2c(c1)c1cc(C)ccc1[s+]2-c1cccc(C=O)c1.O=S(=O)([O-])C(F)(F)F. The minimum absolute atomic E-state index is 0.322. The first-order chi connectivity index (χ1) is 15.9. The standard InChI is InChI=1S/C22H19O3S.CHF3O3S/c1-14-7-8-21-18(9-14)19-11-16(24-2)12-20(25-3)22(19)26(21)17-6-4-5-15(10-17)13-23;2-1(3,4)8(5,6)7/h4-13H,1-3H3;(H,5,6,7)/q+1;/p-1. The monoisotopic (exact) mass is 512 g/mol. The molecule has 4 rings (SSSR count). The van der Waals surface area contributed by atoms with E-state index in [1.165, 1.54) is 15.6 Å². The van der Waals surface area contributed by atoms with E-state index >= 15 is 0 Å². The summed E-state index contributed by atoms with van der Waals surface area (Å²) in [4.78, 5) is 12.4. The largest absolute Gasteiger partial charge is 0.741 e. The second-order valence-corrected chi connectivity index (χ2v) is 10.4. The molecule has 0 spiro atoms. The number of aryl methyl sites for hydroxylation is 1. The normalized spacial score (nSPS) is 12.3. The first kappa shape index (κ1) is 25.5. The third-order valence-corrected chi connectivity index (χ3v) is 7.76. The summed E-state index contributed by atoms with van der Waals surface area (Å²) in [7, 11) is -3.06. The molecule has 0 aliphatic heterocycles. The molecule has 1 unspecified atom stereocenters. The van der Waals surface area contributed by atoms with Gasteiger partial charge in [-0.3, -0.25) is 4.79 Å². The van der Waals surface area contributed by atoms with E-state index in [4.69, 9.17) is 22.4 Å². The fourth-order valence-electron chi connectivity index (χ4n) is 3.36. The Morgan fingerprint density at radius 2 is 1.65 bits per heavy atom. The highest BCUT2D eigenvalue weighted by Crippen LogP contribution is 2.53. The van der Waals surface area contributed by atoms with Crippen LogP contribution in [0.5, 0.6) is 11.5 Å². The molecule has 1 heterocycles. The molecule has 0 amide bonds. The highest BCUT2D eigenvalue weighted by molar-refractivity contribution is 7.86. The summed E-state index contributed by atoms with van der Waals surface area (Å²) in [6.07, 6.45) is 0.894. The number of aldehydes is 1. The molecule has 6 nitrogen and oxygen atoms in total. The molecule has 0 aliphatic rings. The molecule has 1 atom stereocenters. The molecule has 3 aromatic carbocycles. The predicted molar refractivity (Wildman–Crippen MR) is 124 cm³/mol. The molecule has 0 N–H and O–H groups in total. The van der Waals surface area contributed by atoms with Gasteiger partial charge in [0.1, 0.15) is 12.0 Å². The number of halogens is 3. The maximum absolute atomic E-state index is 11.3. The Balaban J connectivity index is 0.000000350. The number of carbonyl (C=O) groups is 1. The molecular weight excluding hydrogens is 493 g/mol. The molecule has 34 heavy (non-hydrogen) atoms. The molecular formula is C23H19F3O6S2. The molecule has 0 fully saturated rings. The van der Waals surface area contributed by atoms with Gasteiger partial charge in [-0.1, -0.05) is 23.8 Å². The van der Waals surface area contributed by atoms with Crippen molar-refractivity contribution in [2.75, 3.05) is 14.2 Å². The summed E-state index contributed by atoms with van der Waals surface area (Å²) < 4.78 is 72.5. The van der Waals surface area contributed by atoms with Gasteiger partial charge in [0.2, 0.25) is 4.70 Å². The van der Waals surface area contributed by atoms with E-state index in [0.29, 0.717) is 5.56 Å². The van der Waals surface area contributed by atoms with E-state index < -0.39 is 15.6 Å². The van der Waals surface area contributed by atoms with Crippen LogP contribution < -0.4 is 9.47 Å². The summed E-state index contributed by atoms with van der Waals surface area (Å²) in [6, 6.07) is 18.4. The highest BCUT2D eigenvalue weighted by atomic mass is 32.2. The van der Waals surface area contributed by atoms with Crippen LogP contribution in [0.15, 0.2) is 54.6 Å². The van der Waals surface area contributed by atoms with Crippen LogP contribution in [-0.2, 0) is 10.1 Å². The van der Waals surface area contributed by atoms with Crippen LogP contribution in [0.2, 0.25) is 0 Å². The molecule has 0 aliphatic carbocycles. The lowest BCUT2D eigenvalue weighted by molar-refractivity contribution is -0.0517. The fraction of sp³-hybridized carbons (Fsp3) is 0.174. The number of thiophene rings is 1. The van der Waals surface area contributed by atoms with Crippen molar-refractivity contribution in [2.24, 2.45) is 0 Å². The van der Waals surface area contributed by atoms with E-state index in [0.717, 1.165) is 32.8 Å². The predicted octanol–water partition coefficient (Wildman–Crippen LogP) is 5.92. The Morgan fingerprint density at radius 3 is 2.21 bits per heavy atom. The van der Waals surface area contributed by atoms with E-state index in [2.05, 4.69) is 37.3 Å². The first-order valence-electron chi connectivity index (χ1n) is 9.60. The molecule has 0 bridgehead atoms. The van der Waals surface area contributed by atoms with Gasteiger partial charge in [0.25, 0.3) is 0 Å². The molecule has 11 heteroatoms. The van der Waals surface area contributed by atoms with Crippen molar-refractivity contribution in [1.29, 1.82) is 0 Å². The Hall–Kier alpha value is -3.15. The van der Waals surface area contributed by atoms with Crippen molar-refractivity contribution in [1.82, 2.24) is 0 Å². The van der Waals surface area contributed by atoms with Gasteiger partial charge in [-0.2, -0.15) is 13.2 Å². The maximum Gasteiger partial charge on any atom is 0.485 e. The third kappa shape index (κ3) is 5.01. The topological polar surface area (TPSA) is 92.7 Å². The van der Waals surface area contributed by atoms with Crippen molar-refractivity contribution >= 4 is 47.0 Å². The van der Waals surface area contributed by atoms with E-state index in [1.54, 1.807) is 14.2 Å². The molecule has 4 aromatic rings. The summed E-state index contributed by atoms with van der Waals surface area (Å²) in [6.45, 7) is 2.10.